The molecule has 0 fully saturated rings. The second kappa shape index (κ2) is 5.28. The Hall–Kier alpha value is -2.53. The molecule has 2 aromatic carbocycles. The zero-order valence-electron chi connectivity index (χ0n) is 13.5. The van der Waals surface area contributed by atoms with E-state index in [-0.39, 0.29) is 0 Å². The number of hydrogen-bond acceptors (Lipinski definition) is 5. The van der Waals surface area contributed by atoms with Gasteiger partial charge in [0.25, 0.3) is 0 Å². The molecule has 5 nitrogen and oxygen atoms in total. The second-order valence-electron chi connectivity index (χ2n) is 5.86. The van der Waals surface area contributed by atoms with Gasteiger partial charge in [-0.1, -0.05) is 24.3 Å². The first kappa shape index (κ1) is 15.4. The minimum atomic E-state index is -1.17. The number of rotatable bonds is 3. The van der Waals surface area contributed by atoms with Gasteiger partial charge in [-0.25, -0.2) is 4.79 Å². The smallest absolute Gasteiger partial charge is 0.342 e. The number of esters is 1. The number of benzene rings is 2. The lowest BCUT2D eigenvalue weighted by molar-refractivity contribution is 0.0558. The second-order valence-corrected chi connectivity index (χ2v) is 5.86. The predicted octanol–water partition coefficient (Wildman–Crippen LogP) is 3.61. The highest BCUT2D eigenvalue weighted by molar-refractivity contribution is 6.18. The zero-order chi connectivity index (χ0) is 16.8. The Bertz CT molecular complexity index is 899. The van der Waals surface area contributed by atoms with E-state index in [1.165, 1.54) is 14.2 Å². The van der Waals surface area contributed by atoms with Crippen LogP contribution in [0, 0.1) is 0 Å². The Morgan fingerprint density at radius 2 is 1.78 bits per heavy atom. The zero-order valence-corrected chi connectivity index (χ0v) is 13.5. The van der Waals surface area contributed by atoms with Crippen LogP contribution >= 0.6 is 0 Å². The number of fused-ring (bicyclic) bond motifs is 3. The predicted molar refractivity (Wildman–Crippen MR) is 86.9 cm³/mol. The average Bonchev–Trinajstić information content (AvgIpc) is 2.98. The third kappa shape index (κ3) is 2.33. The first-order valence-electron chi connectivity index (χ1n) is 7.22. The molecule has 0 radical (unpaired) electrons. The van der Waals surface area contributed by atoms with E-state index in [1.54, 1.807) is 19.9 Å². The first-order valence-corrected chi connectivity index (χ1v) is 7.22. The third-order valence-electron chi connectivity index (χ3n) is 3.84. The minimum Gasteiger partial charge on any atom is -0.495 e. The van der Waals surface area contributed by atoms with Gasteiger partial charge in [0.2, 0.25) is 0 Å². The maximum atomic E-state index is 12.3. The molecule has 0 bridgehead atoms. The number of hydrogen-bond donors (Lipinski definition) is 1. The highest BCUT2D eigenvalue weighted by atomic mass is 16.5. The summed E-state index contributed by atoms with van der Waals surface area (Å²) in [5, 5.41) is 12.4. The van der Waals surface area contributed by atoms with Gasteiger partial charge in [-0.15, -0.1) is 0 Å². The van der Waals surface area contributed by atoms with E-state index < -0.39 is 11.6 Å². The molecule has 3 aromatic rings. The van der Waals surface area contributed by atoms with Gasteiger partial charge in [-0.2, -0.15) is 0 Å². The van der Waals surface area contributed by atoms with E-state index in [9.17, 15) is 9.90 Å². The fourth-order valence-electron chi connectivity index (χ4n) is 2.73. The van der Waals surface area contributed by atoms with Crippen LogP contribution in [-0.4, -0.2) is 25.3 Å². The SMILES string of the molecule is COC(=O)c1c(OC)c2ccccc2c2oc(C(C)(C)O)cc12. The van der Waals surface area contributed by atoms with E-state index in [4.69, 9.17) is 13.9 Å². The molecular weight excluding hydrogens is 296 g/mol. The van der Waals surface area contributed by atoms with Crippen molar-refractivity contribution in [2.75, 3.05) is 14.2 Å². The van der Waals surface area contributed by atoms with Gasteiger partial charge >= 0.3 is 5.97 Å². The lowest BCUT2D eigenvalue weighted by Crippen LogP contribution is -2.13. The van der Waals surface area contributed by atoms with Crippen LogP contribution in [0.5, 0.6) is 5.75 Å². The number of ether oxygens (including phenoxy) is 2. The maximum Gasteiger partial charge on any atom is 0.342 e. The van der Waals surface area contributed by atoms with Gasteiger partial charge in [-0.3, -0.25) is 0 Å². The van der Waals surface area contributed by atoms with Crippen LogP contribution in [0.1, 0.15) is 30.0 Å². The van der Waals surface area contributed by atoms with Crippen LogP contribution in [0.4, 0.5) is 0 Å². The van der Waals surface area contributed by atoms with Crippen molar-refractivity contribution in [1.29, 1.82) is 0 Å². The third-order valence-corrected chi connectivity index (χ3v) is 3.84. The van der Waals surface area contributed by atoms with Crippen molar-refractivity contribution in [2.24, 2.45) is 0 Å². The highest BCUT2D eigenvalue weighted by Gasteiger charge is 2.28. The number of furan rings is 1. The van der Waals surface area contributed by atoms with Crippen molar-refractivity contribution in [3.8, 4) is 5.75 Å². The molecule has 120 valence electrons. The monoisotopic (exact) mass is 314 g/mol. The summed E-state index contributed by atoms with van der Waals surface area (Å²) in [4.78, 5) is 12.3. The van der Waals surface area contributed by atoms with Crippen molar-refractivity contribution < 1.29 is 23.8 Å². The summed E-state index contributed by atoms with van der Waals surface area (Å²) in [5.74, 6) is 0.291. The molecule has 0 saturated heterocycles. The Morgan fingerprint density at radius 1 is 1.13 bits per heavy atom. The number of methoxy groups -OCH3 is 2. The van der Waals surface area contributed by atoms with Crippen molar-refractivity contribution in [3.05, 3.63) is 41.7 Å². The summed E-state index contributed by atoms with van der Waals surface area (Å²) in [6, 6.07) is 9.14. The number of carbonyl (C=O) groups is 1. The molecule has 1 aromatic heterocycles. The van der Waals surface area contributed by atoms with Crippen molar-refractivity contribution in [2.45, 2.75) is 19.4 Å². The molecule has 0 saturated carbocycles. The van der Waals surface area contributed by atoms with Gasteiger partial charge in [-0.05, 0) is 19.9 Å². The minimum absolute atomic E-state index is 0.294. The molecule has 0 aliphatic rings. The molecule has 1 heterocycles. The van der Waals surface area contributed by atoms with E-state index in [0.29, 0.717) is 28.0 Å². The van der Waals surface area contributed by atoms with Crippen molar-refractivity contribution in [1.82, 2.24) is 0 Å². The van der Waals surface area contributed by atoms with Crippen LogP contribution in [0.2, 0.25) is 0 Å². The Balaban J connectivity index is 2.54. The maximum absolute atomic E-state index is 12.3. The fraction of sp³-hybridized carbons (Fsp3) is 0.278. The highest BCUT2D eigenvalue weighted by Crippen LogP contribution is 2.41. The first-order chi connectivity index (χ1) is 10.9. The van der Waals surface area contributed by atoms with E-state index >= 15 is 0 Å². The van der Waals surface area contributed by atoms with E-state index in [0.717, 1.165) is 10.8 Å². The standard InChI is InChI=1S/C18H18O5/c1-18(2,20)13-9-12-14(17(19)22-4)16(21-3)11-8-6-5-7-10(11)15(12)23-13/h5-9,20H,1-4H3. The van der Waals surface area contributed by atoms with Crippen LogP contribution in [0.15, 0.2) is 34.7 Å². The normalized spacial score (nSPS) is 11.9. The lowest BCUT2D eigenvalue weighted by atomic mass is 9.99. The summed E-state index contributed by atoms with van der Waals surface area (Å²) in [6.07, 6.45) is 0. The van der Waals surface area contributed by atoms with Gasteiger partial charge in [0.1, 0.15) is 28.3 Å². The summed E-state index contributed by atoms with van der Waals surface area (Å²) >= 11 is 0. The van der Waals surface area contributed by atoms with E-state index in [1.807, 2.05) is 24.3 Å². The largest absolute Gasteiger partial charge is 0.495 e. The summed E-state index contributed by atoms with van der Waals surface area (Å²) in [5.41, 5.74) is -0.345. The molecule has 0 spiro atoms. The topological polar surface area (TPSA) is 68.9 Å². The van der Waals surface area contributed by atoms with Crippen LogP contribution in [0.3, 0.4) is 0 Å². The molecular formula is C18H18O5. The van der Waals surface area contributed by atoms with Crippen LogP contribution in [-0.2, 0) is 10.3 Å². The van der Waals surface area contributed by atoms with Crippen molar-refractivity contribution in [3.63, 3.8) is 0 Å². The number of aliphatic hydroxyl groups is 1. The van der Waals surface area contributed by atoms with Gasteiger partial charge < -0.3 is 19.0 Å². The summed E-state index contributed by atoms with van der Waals surface area (Å²) in [7, 11) is 2.83. The molecule has 23 heavy (non-hydrogen) atoms. The van der Waals surface area contributed by atoms with Crippen LogP contribution in [0.25, 0.3) is 21.7 Å². The van der Waals surface area contributed by atoms with Crippen molar-refractivity contribution >= 4 is 27.7 Å². The van der Waals surface area contributed by atoms with Crippen LogP contribution < -0.4 is 4.74 Å². The Morgan fingerprint density at radius 3 is 2.35 bits per heavy atom. The summed E-state index contributed by atoms with van der Waals surface area (Å²) in [6.45, 7) is 3.25. The Kier molecular flexibility index (Phi) is 3.53. The molecule has 1 N–H and O–H groups in total. The van der Waals surface area contributed by atoms with Gasteiger partial charge in [0.15, 0.2) is 0 Å². The Labute approximate surface area is 133 Å². The molecule has 0 aliphatic heterocycles. The summed E-state index contributed by atoms with van der Waals surface area (Å²) < 4.78 is 16.3. The fourth-order valence-corrected chi connectivity index (χ4v) is 2.73. The number of carbonyl (C=O) groups excluding carboxylic acids is 1. The lowest BCUT2D eigenvalue weighted by Gasteiger charge is -2.12. The van der Waals surface area contributed by atoms with E-state index in [2.05, 4.69) is 0 Å². The van der Waals surface area contributed by atoms with Gasteiger partial charge in [0, 0.05) is 16.2 Å². The van der Waals surface area contributed by atoms with Gasteiger partial charge in [0.05, 0.1) is 14.2 Å². The quantitative estimate of drug-likeness (QED) is 0.748. The molecule has 3 rings (SSSR count). The molecule has 0 aliphatic carbocycles. The molecule has 0 unspecified atom stereocenters. The molecule has 0 amide bonds. The molecule has 0 atom stereocenters. The average molecular weight is 314 g/mol. The molecule has 5 heteroatoms.